The van der Waals surface area contributed by atoms with Crippen LogP contribution in [0.15, 0.2) is 48.5 Å². The Morgan fingerprint density at radius 2 is 1.85 bits per heavy atom. The van der Waals surface area contributed by atoms with Crippen LogP contribution in [0.5, 0.6) is 0 Å². The molecule has 2 nitrogen and oxygen atoms in total. The minimum Gasteiger partial charge on any atom is -0.330 e. The third kappa shape index (κ3) is 2.57. The van der Waals surface area contributed by atoms with Crippen LogP contribution in [0.1, 0.15) is 16.5 Å². The minimum atomic E-state index is -0.191. The van der Waals surface area contributed by atoms with Crippen molar-refractivity contribution in [1.82, 2.24) is 4.98 Å². The highest BCUT2D eigenvalue weighted by molar-refractivity contribution is 7.18. The topological polar surface area (TPSA) is 38.9 Å². The quantitative estimate of drug-likeness (QED) is 0.794. The standard InChI is InChI=1S/C16H15FN2S/c17-13-6-2-1-5-12(13)11(10-18)9-16-19-14-7-3-4-8-15(14)20-16/h1-8,11H,9-10,18H2. The van der Waals surface area contributed by atoms with Crippen molar-refractivity contribution in [3.8, 4) is 0 Å². The van der Waals surface area contributed by atoms with Gasteiger partial charge in [-0.2, -0.15) is 0 Å². The number of halogens is 1. The summed E-state index contributed by atoms with van der Waals surface area (Å²) in [6, 6.07) is 14.9. The van der Waals surface area contributed by atoms with Gasteiger partial charge in [0.2, 0.25) is 0 Å². The van der Waals surface area contributed by atoms with E-state index in [-0.39, 0.29) is 11.7 Å². The largest absolute Gasteiger partial charge is 0.330 e. The molecule has 1 unspecified atom stereocenters. The lowest BCUT2D eigenvalue weighted by molar-refractivity contribution is 0.575. The van der Waals surface area contributed by atoms with Gasteiger partial charge in [-0.3, -0.25) is 0 Å². The first-order valence-corrected chi connectivity index (χ1v) is 7.38. The maximum Gasteiger partial charge on any atom is 0.126 e. The normalized spacial score (nSPS) is 12.7. The summed E-state index contributed by atoms with van der Waals surface area (Å²) in [6.07, 6.45) is 0.677. The van der Waals surface area contributed by atoms with Gasteiger partial charge in [-0.15, -0.1) is 11.3 Å². The summed E-state index contributed by atoms with van der Waals surface area (Å²) in [4.78, 5) is 4.60. The van der Waals surface area contributed by atoms with Gasteiger partial charge in [-0.25, -0.2) is 9.37 Å². The molecule has 0 amide bonds. The molecule has 0 bridgehead atoms. The fourth-order valence-electron chi connectivity index (χ4n) is 2.34. The molecule has 0 fully saturated rings. The summed E-state index contributed by atoms with van der Waals surface area (Å²) in [5, 5.41) is 1.00. The second-order valence-electron chi connectivity index (χ2n) is 4.73. The highest BCUT2D eigenvalue weighted by Crippen LogP contribution is 2.27. The number of para-hydroxylation sites is 1. The number of hydrogen-bond donors (Lipinski definition) is 1. The van der Waals surface area contributed by atoms with Gasteiger partial charge < -0.3 is 5.73 Å². The predicted molar refractivity (Wildman–Crippen MR) is 81.5 cm³/mol. The lowest BCUT2D eigenvalue weighted by Gasteiger charge is -2.14. The van der Waals surface area contributed by atoms with E-state index in [1.54, 1.807) is 23.5 Å². The molecule has 0 aliphatic carbocycles. The van der Waals surface area contributed by atoms with Crippen LogP contribution in [-0.2, 0) is 6.42 Å². The van der Waals surface area contributed by atoms with E-state index in [0.29, 0.717) is 18.5 Å². The fourth-order valence-corrected chi connectivity index (χ4v) is 3.39. The van der Waals surface area contributed by atoms with Gasteiger partial charge in [0.1, 0.15) is 5.82 Å². The van der Waals surface area contributed by atoms with E-state index in [2.05, 4.69) is 11.1 Å². The first-order valence-electron chi connectivity index (χ1n) is 6.57. The van der Waals surface area contributed by atoms with Gasteiger partial charge in [0.05, 0.1) is 15.2 Å². The minimum absolute atomic E-state index is 0.0308. The molecule has 1 atom stereocenters. The SMILES string of the molecule is NCC(Cc1nc2ccccc2s1)c1ccccc1F. The van der Waals surface area contributed by atoms with Gasteiger partial charge in [-0.1, -0.05) is 30.3 Å². The van der Waals surface area contributed by atoms with Crippen molar-refractivity contribution in [2.24, 2.45) is 5.73 Å². The molecular weight excluding hydrogens is 271 g/mol. The number of hydrogen-bond acceptors (Lipinski definition) is 3. The van der Waals surface area contributed by atoms with Crippen LogP contribution >= 0.6 is 11.3 Å². The van der Waals surface area contributed by atoms with Gasteiger partial charge in [0.15, 0.2) is 0 Å². The summed E-state index contributed by atoms with van der Waals surface area (Å²) in [5.41, 5.74) is 7.50. The maximum atomic E-state index is 13.9. The Labute approximate surface area is 121 Å². The van der Waals surface area contributed by atoms with Crippen LogP contribution in [0.25, 0.3) is 10.2 Å². The Bertz CT molecular complexity index is 690. The molecule has 0 spiro atoms. The highest BCUT2D eigenvalue weighted by Gasteiger charge is 2.16. The van der Waals surface area contributed by atoms with E-state index >= 15 is 0 Å². The Balaban J connectivity index is 1.90. The van der Waals surface area contributed by atoms with Crippen molar-refractivity contribution in [3.05, 3.63) is 64.9 Å². The number of fused-ring (bicyclic) bond motifs is 1. The summed E-state index contributed by atoms with van der Waals surface area (Å²) < 4.78 is 15.0. The highest BCUT2D eigenvalue weighted by atomic mass is 32.1. The van der Waals surface area contributed by atoms with Crippen molar-refractivity contribution >= 4 is 21.6 Å². The average molecular weight is 286 g/mol. The van der Waals surface area contributed by atoms with E-state index < -0.39 is 0 Å². The Kier molecular flexibility index (Phi) is 3.76. The second kappa shape index (κ2) is 5.69. The number of rotatable bonds is 4. The third-order valence-corrected chi connectivity index (χ3v) is 4.45. The molecule has 1 heterocycles. The molecule has 0 aliphatic rings. The maximum absolute atomic E-state index is 13.9. The third-order valence-electron chi connectivity index (χ3n) is 3.39. The lowest BCUT2D eigenvalue weighted by Crippen LogP contribution is -2.16. The molecule has 0 aliphatic heterocycles. The summed E-state index contributed by atoms with van der Waals surface area (Å²) in [6.45, 7) is 0.414. The second-order valence-corrected chi connectivity index (χ2v) is 5.85. The molecule has 102 valence electrons. The van der Waals surface area contributed by atoms with Gasteiger partial charge in [-0.05, 0) is 30.3 Å². The molecule has 20 heavy (non-hydrogen) atoms. The molecular formula is C16H15FN2S. The van der Waals surface area contributed by atoms with E-state index in [9.17, 15) is 4.39 Å². The first-order chi connectivity index (χ1) is 9.78. The van der Waals surface area contributed by atoms with Crippen molar-refractivity contribution < 1.29 is 4.39 Å². The smallest absolute Gasteiger partial charge is 0.126 e. The Morgan fingerprint density at radius 1 is 1.10 bits per heavy atom. The predicted octanol–water partition coefficient (Wildman–Crippen LogP) is 3.72. The lowest BCUT2D eigenvalue weighted by atomic mass is 9.95. The molecule has 4 heteroatoms. The van der Waals surface area contributed by atoms with Crippen molar-refractivity contribution in [3.63, 3.8) is 0 Å². The van der Waals surface area contributed by atoms with Crippen LogP contribution in [0.4, 0.5) is 4.39 Å². The van der Waals surface area contributed by atoms with Crippen molar-refractivity contribution in [2.45, 2.75) is 12.3 Å². The molecule has 2 N–H and O–H groups in total. The molecule has 3 aromatic rings. The van der Waals surface area contributed by atoms with Crippen LogP contribution in [0.3, 0.4) is 0 Å². The zero-order valence-corrected chi connectivity index (χ0v) is 11.7. The first kappa shape index (κ1) is 13.2. The van der Waals surface area contributed by atoms with Gasteiger partial charge in [0.25, 0.3) is 0 Å². The van der Waals surface area contributed by atoms with Crippen LogP contribution < -0.4 is 5.73 Å². The summed E-state index contributed by atoms with van der Waals surface area (Å²) >= 11 is 1.65. The number of benzene rings is 2. The molecule has 0 saturated heterocycles. The van der Waals surface area contributed by atoms with Gasteiger partial charge >= 0.3 is 0 Å². The zero-order chi connectivity index (χ0) is 13.9. The van der Waals surface area contributed by atoms with Crippen molar-refractivity contribution in [2.75, 3.05) is 6.54 Å². The average Bonchev–Trinajstić information content (AvgIpc) is 2.88. The van der Waals surface area contributed by atoms with Crippen LogP contribution in [-0.4, -0.2) is 11.5 Å². The number of aromatic nitrogens is 1. The van der Waals surface area contributed by atoms with Crippen LogP contribution in [0.2, 0.25) is 0 Å². The summed E-state index contributed by atoms with van der Waals surface area (Å²) in [7, 11) is 0. The van der Waals surface area contributed by atoms with Gasteiger partial charge in [0, 0.05) is 12.3 Å². The molecule has 2 aromatic carbocycles. The van der Waals surface area contributed by atoms with E-state index in [0.717, 1.165) is 15.2 Å². The zero-order valence-electron chi connectivity index (χ0n) is 10.9. The van der Waals surface area contributed by atoms with Crippen LogP contribution in [0, 0.1) is 5.82 Å². The molecule has 1 aromatic heterocycles. The number of nitrogens with zero attached hydrogens (tertiary/aromatic N) is 1. The molecule has 0 saturated carbocycles. The number of nitrogens with two attached hydrogens (primary N) is 1. The van der Waals surface area contributed by atoms with E-state index in [4.69, 9.17) is 5.73 Å². The summed E-state index contributed by atoms with van der Waals surface area (Å²) in [5.74, 6) is -0.221. The number of thiazole rings is 1. The Hall–Kier alpha value is -1.78. The van der Waals surface area contributed by atoms with E-state index in [1.165, 1.54) is 6.07 Å². The Morgan fingerprint density at radius 3 is 2.60 bits per heavy atom. The molecule has 0 radical (unpaired) electrons. The molecule has 3 rings (SSSR count). The van der Waals surface area contributed by atoms with E-state index in [1.807, 2.05) is 24.3 Å². The van der Waals surface area contributed by atoms with Crippen molar-refractivity contribution in [1.29, 1.82) is 0 Å². The fraction of sp³-hybridized carbons (Fsp3) is 0.188. The monoisotopic (exact) mass is 286 g/mol.